The summed E-state index contributed by atoms with van der Waals surface area (Å²) < 4.78 is 14.6. The SMILES string of the molecule is CC(c1ccccc1)C(N)Cc1cc(Br)ccc1F. The molecular formula is C16H17BrFN. The summed E-state index contributed by atoms with van der Waals surface area (Å²) in [5.41, 5.74) is 8.06. The summed E-state index contributed by atoms with van der Waals surface area (Å²) in [5, 5.41) is 0. The van der Waals surface area contributed by atoms with Crippen LogP contribution in [0.4, 0.5) is 4.39 Å². The molecule has 2 N–H and O–H groups in total. The Balaban J connectivity index is 2.12. The van der Waals surface area contributed by atoms with Crippen molar-refractivity contribution in [3.8, 4) is 0 Å². The molecule has 0 spiro atoms. The van der Waals surface area contributed by atoms with Crippen molar-refractivity contribution < 1.29 is 4.39 Å². The molecular weight excluding hydrogens is 305 g/mol. The van der Waals surface area contributed by atoms with E-state index < -0.39 is 0 Å². The van der Waals surface area contributed by atoms with E-state index in [1.54, 1.807) is 12.1 Å². The first-order chi connectivity index (χ1) is 9.08. The molecule has 19 heavy (non-hydrogen) atoms. The molecule has 0 heterocycles. The lowest BCUT2D eigenvalue weighted by molar-refractivity contribution is 0.538. The summed E-state index contributed by atoms with van der Waals surface area (Å²) in [5.74, 6) is -0.00140. The average Bonchev–Trinajstić information content (AvgIpc) is 2.43. The first kappa shape index (κ1) is 14.2. The van der Waals surface area contributed by atoms with Crippen LogP contribution in [0, 0.1) is 5.82 Å². The van der Waals surface area contributed by atoms with Crippen LogP contribution >= 0.6 is 15.9 Å². The zero-order chi connectivity index (χ0) is 13.8. The minimum absolute atomic E-state index is 0.105. The summed E-state index contributed by atoms with van der Waals surface area (Å²) in [7, 11) is 0. The molecule has 2 aromatic carbocycles. The molecule has 0 radical (unpaired) electrons. The molecule has 0 aliphatic rings. The number of nitrogens with two attached hydrogens (primary N) is 1. The van der Waals surface area contributed by atoms with Crippen LogP contribution in [-0.2, 0) is 6.42 Å². The van der Waals surface area contributed by atoms with E-state index >= 15 is 0 Å². The summed E-state index contributed by atoms with van der Waals surface area (Å²) in [6.45, 7) is 2.08. The Hall–Kier alpha value is -1.19. The van der Waals surface area contributed by atoms with E-state index in [-0.39, 0.29) is 17.8 Å². The van der Waals surface area contributed by atoms with Crippen molar-refractivity contribution in [3.63, 3.8) is 0 Å². The van der Waals surface area contributed by atoms with Gasteiger partial charge < -0.3 is 5.73 Å². The second-order valence-electron chi connectivity index (χ2n) is 4.80. The highest BCUT2D eigenvalue weighted by Gasteiger charge is 2.17. The third kappa shape index (κ3) is 3.64. The van der Waals surface area contributed by atoms with E-state index in [4.69, 9.17) is 5.73 Å². The third-order valence-electron chi connectivity index (χ3n) is 3.43. The normalized spacial score (nSPS) is 14.1. The molecule has 0 aliphatic heterocycles. The lowest BCUT2D eigenvalue weighted by atomic mass is 9.90. The van der Waals surface area contributed by atoms with Gasteiger partial charge in [0.25, 0.3) is 0 Å². The molecule has 100 valence electrons. The maximum atomic E-state index is 13.7. The van der Waals surface area contributed by atoms with Gasteiger partial charge in [0.2, 0.25) is 0 Å². The van der Waals surface area contributed by atoms with E-state index in [0.29, 0.717) is 12.0 Å². The van der Waals surface area contributed by atoms with Crippen LogP contribution in [0.15, 0.2) is 53.0 Å². The van der Waals surface area contributed by atoms with E-state index in [2.05, 4.69) is 35.0 Å². The molecule has 0 amide bonds. The Morgan fingerprint density at radius 3 is 2.53 bits per heavy atom. The van der Waals surface area contributed by atoms with Gasteiger partial charge in [-0.15, -0.1) is 0 Å². The van der Waals surface area contributed by atoms with Gasteiger partial charge in [-0.1, -0.05) is 53.2 Å². The van der Waals surface area contributed by atoms with Crippen LogP contribution in [0.2, 0.25) is 0 Å². The van der Waals surface area contributed by atoms with Gasteiger partial charge in [0.05, 0.1) is 0 Å². The van der Waals surface area contributed by atoms with Crippen LogP contribution < -0.4 is 5.73 Å². The summed E-state index contributed by atoms with van der Waals surface area (Å²) in [6, 6.07) is 15.0. The second-order valence-corrected chi connectivity index (χ2v) is 5.72. The molecule has 0 saturated carbocycles. The number of hydrogen-bond donors (Lipinski definition) is 1. The number of benzene rings is 2. The van der Waals surface area contributed by atoms with Gasteiger partial charge in [-0.3, -0.25) is 0 Å². The molecule has 1 nitrogen and oxygen atoms in total. The first-order valence-corrected chi connectivity index (χ1v) is 7.11. The van der Waals surface area contributed by atoms with Crippen LogP contribution in [0.5, 0.6) is 0 Å². The van der Waals surface area contributed by atoms with Crippen LogP contribution in [0.3, 0.4) is 0 Å². The van der Waals surface area contributed by atoms with Crippen molar-refractivity contribution in [2.45, 2.75) is 25.3 Å². The summed E-state index contributed by atoms with van der Waals surface area (Å²) in [4.78, 5) is 0. The maximum Gasteiger partial charge on any atom is 0.126 e. The van der Waals surface area contributed by atoms with Gasteiger partial charge in [-0.25, -0.2) is 4.39 Å². The predicted molar refractivity (Wildman–Crippen MR) is 80.6 cm³/mol. The fraction of sp³-hybridized carbons (Fsp3) is 0.250. The highest BCUT2D eigenvalue weighted by Crippen LogP contribution is 2.23. The predicted octanol–water partition coefficient (Wildman–Crippen LogP) is 4.26. The van der Waals surface area contributed by atoms with Gasteiger partial charge in [-0.2, -0.15) is 0 Å². The van der Waals surface area contributed by atoms with Crippen molar-refractivity contribution in [3.05, 3.63) is 69.9 Å². The highest BCUT2D eigenvalue weighted by atomic mass is 79.9. The molecule has 2 rings (SSSR count). The zero-order valence-corrected chi connectivity index (χ0v) is 12.4. The van der Waals surface area contributed by atoms with Crippen molar-refractivity contribution in [2.24, 2.45) is 5.73 Å². The Morgan fingerprint density at radius 2 is 1.84 bits per heavy atom. The molecule has 0 fully saturated rings. The van der Waals surface area contributed by atoms with Gasteiger partial charge in [0.1, 0.15) is 5.82 Å². The van der Waals surface area contributed by atoms with Crippen molar-refractivity contribution in [2.75, 3.05) is 0 Å². The quantitative estimate of drug-likeness (QED) is 0.894. The molecule has 0 aliphatic carbocycles. The minimum Gasteiger partial charge on any atom is -0.327 e. The lowest BCUT2D eigenvalue weighted by Gasteiger charge is -2.20. The van der Waals surface area contributed by atoms with E-state index in [1.807, 2.05) is 18.2 Å². The lowest BCUT2D eigenvalue weighted by Crippen LogP contribution is -2.29. The van der Waals surface area contributed by atoms with E-state index in [9.17, 15) is 4.39 Å². The van der Waals surface area contributed by atoms with Crippen LogP contribution in [0.25, 0.3) is 0 Å². The fourth-order valence-corrected chi connectivity index (χ4v) is 2.54. The first-order valence-electron chi connectivity index (χ1n) is 6.32. The molecule has 0 saturated heterocycles. The molecule has 3 heteroatoms. The summed E-state index contributed by atoms with van der Waals surface area (Å²) >= 11 is 3.36. The average molecular weight is 322 g/mol. The Morgan fingerprint density at radius 1 is 1.16 bits per heavy atom. The Bertz CT molecular complexity index is 542. The highest BCUT2D eigenvalue weighted by molar-refractivity contribution is 9.10. The van der Waals surface area contributed by atoms with Gasteiger partial charge in [-0.05, 0) is 41.7 Å². The second kappa shape index (κ2) is 6.31. The maximum absolute atomic E-state index is 13.7. The molecule has 2 unspecified atom stereocenters. The van der Waals surface area contributed by atoms with Crippen LogP contribution in [-0.4, -0.2) is 6.04 Å². The van der Waals surface area contributed by atoms with E-state index in [1.165, 1.54) is 11.6 Å². The molecule has 2 aromatic rings. The topological polar surface area (TPSA) is 26.0 Å². The Kier molecular flexibility index (Phi) is 4.72. The number of hydrogen-bond acceptors (Lipinski definition) is 1. The van der Waals surface area contributed by atoms with E-state index in [0.717, 1.165) is 4.47 Å². The number of rotatable bonds is 4. The van der Waals surface area contributed by atoms with Gasteiger partial charge in [0, 0.05) is 10.5 Å². The smallest absolute Gasteiger partial charge is 0.126 e. The Labute approximate surface area is 121 Å². The standard InChI is InChI=1S/C16H17BrFN/c1-11(12-5-3-2-4-6-12)16(19)10-13-9-14(17)7-8-15(13)18/h2-9,11,16H,10,19H2,1H3. The molecule has 2 atom stereocenters. The monoisotopic (exact) mass is 321 g/mol. The minimum atomic E-state index is -0.195. The fourth-order valence-electron chi connectivity index (χ4n) is 2.13. The van der Waals surface area contributed by atoms with Gasteiger partial charge in [0.15, 0.2) is 0 Å². The number of halogens is 2. The van der Waals surface area contributed by atoms with Crippen LogP contribution in [0.1, 0.15) is 24.0 Å². The molecule has 0 bridgehead atoms. The van der Waals surface area contributed by atoms with Crippen molar-refractivity contribution in [1.29, 1.82) is 0 Å². The van der Waals surface area contributed by atoms with Crippen molar-refractivity contribution >= 4 is 15.9 Å². The third-order valence-corrected chi connectivity index (χ3v) is 3.92. The molecule has 0 aromatic heterocycles. The largest absolute Gasteiger partial charge is 0.327 e. The van der Waals surface area contributed by atoms with Gasteiger partial charge >= 0.3 is 0 Å². The summed E-state index contributed by atoms with van der Waals surface area (Å²) in [6.07, 6.45) is 0.529. The van der Waals surface area contributed by atoms with Crippen molar-refractivity contribution in [1.82, 2.24) is 0 Å². The zero-order valence-electron chi connectivity index (χ0n) is 10.8.